The summed E-state index contributed by atoms with van der Waals surface area (Å²) in [5.74, 6) is -0.840. The molecule has 1 aliphatic carbocycles. The molecule has 0 spiro atoms. The molecule has 0 heterocycles. The van der Waals surface area contributed by atoms with Gasteiger partial charge in [-0.1, -0.05) is 49.6 Å². The van der Waals surface area contributed by atoms with Crippen LogP contribution in [0.1, 0.15) is 57.4 Å². The molecule has 2 aromatic rings. The molecule has 0 aromatic heterocycles. The van der Waals surface area contributed by atoms with Crippen molar-refractivity contribution in [2.45, 2.75) is 70.5 Å². The molecule has 1 atom stereocenters. The average molecular weight is 518 g/mol. The third-order valence-corrected chi connectivity index (χ3v) is 7.78. The van der Waals surface area contributed by atoms with Crippen LogP contribution in [0.2, 0.25) is 0 Å². The number of para-hydroxylation sites is 1. The van der Waals surface area contributed by atoms with Crippen LogP contribution in [0.3, 0.4) is 0 Å². The highest BCUT2D eigenvalue weighted by molar-refractivity contribution is 7.92. The van der Waals surface area contributed by atoms with E-state index in [0.29, 0.717) is 11.3 Å². The predicted octanol–water partition coefficient (Wildman–Crippen LogP) is 4.24. The summed E-state index contributed by atoms with van der Waals surface area (Å²) in [5.41, 5.74) is 1.25. The summed E-state index contributed by atoms with van der Waals surface area (Å²) in [6.45, 7) is 2.00. The number of anilines is 1. The lowest BCUT2D eigenvalue weighted by molar-refractivity contribution is -0.141. The first-order valence-corrected chi connectivity index (χ1v) is 14.4. The normalized spacial score (nSPS) is 15.2. The van der Waals surface area contributed by atoms with Crippen LogP contribution in [0, 0.1) is 5.82 Å². The fraction of sp³-hybridized carbons (Fsp3) is 0.481. The van der Waals surface area contributed by atoms with Gasteiger partial charge in [0.05, 0.1) is 11.9 Å². The summed E-state index contributed by atoms with van der Waals surface area (Å²) in [6.07, 6.45) is 6.70. The molecule has 2 amide bonds. The van der Waals surface area contributed by atoms with Crippen molar-refractivity contribution >= 4 is 27.5 Å². The van der Waals surface area contributed by atoms with Crippen LogP contribution in [-0.4, -0.2) is 50.0 Å². The number of benzene rings is 2. The van der Waals surface area contributed by atoms with Gasteiger partial charge in [0.15, 0.2) is 0 Å². The number of halogens is 1. The first kappa shape index (κ1) is 27.6. The number of hydrogen-bond acceptors (Lipinski definition) is 4. The van der Waals surface area contributed by atoms with Crippen molar-refractivity contribution in [1.82, 2.24) is 10.2 Å². The molecule has 0 radical (unpaired) electrons. The standard InChI is InChI=1S/C27H36FN3O4S/c1-21(27(33)29-24-10-5-3-6-11-24)30(20-22-15-17-23(28)18-16-22)26(32)14-9-19-31(36(2,34)35)25-12-7-4-8-13-25/h4,7-8,12-13,15-18,21,24H,3,5-6,9-11,14,19-20H2,1-2H3,(H,29,33). The zero-order chi connectivity index (χ0) is 26.1. The van der Waals surface area contributed by atoms with Gasteiger partial charge in [-0.25, -0.2) is 12.8 Å². The van der Waals surface area contributed by atoms with Crippen LogP contribution in [0.25, 0.3) is 0 Å². The SMILES string of the molecule is CC(C(=O)NC1CCCCC1)N(Cc1ccc(F)cc1)C(=O)CCCN(c1ccccc1)S(C)(=O)=O. The van der Waals surface area contributed by atoms with Gasteiger partial charge in [0.1, 0.15) is 11.9 Å². The van der Waals surface area contributed by atoms with Crippen molar-refractivity contribution in [2.24, 2.45) is 0 Å². The van der Waals surface area contributed by atoms with Gasteiger partial charge < -0.3 is 10.2 Å². The molecule has 0 saturated heterocycles. The topological polar surface area (TPSA) is 86.8 Å². The molecular weight excluding hydrogens is 481 g/mol. The molecule has 1 N–H and O–H groups in total. The first-order chi connectivity index (χ1) is 17.1. The van der Waals surface area contributed by atoms with E-state index in [0.717, 1.165) is 31.9 Å². The third-order valence-electron chi connectivity index (χ3n) is 6.58. The minimum Gasteiger partial charge on any atom is -0.352 e. The Kier molecular flexibility index (Phi) is 9.87. The van der Waals surface area contributed by atoms with Crippen molar-refractivity contribution in [3.8, 4) is 0 Å². The number of sulfonamides is 1. The summed E-state index contributed by atoms with van der Waals surface area (Å²) in [7, 11) is -3.53. The second-order valence-corrected chi connectivity index (χ2v) is 11.3. The summed E-state index contributed by atoms with van der Waals surface area (Å²) in [5, 5.41) is 3.08. The molecule has 2 aromatic carbocycles. The lowest BCUT2D eigenvalue weighted by atomic mass is 9.95. The zero-order valence-corrected chi connectivity index (χ0v) is 21.8. The van der Waals surface area contributed by atoms with E-state index in [1.165, 1.54) is 27.8 Å². The van der Waals surface area contributed by atoms with E-state index < -0.39 is 16.1 Å². The lowest BCUT2D eigenvalue weighted by Crippen LogP contribution is -2.50. The Morgan fingerprint density at radius 1 is 1.03 bits per heavy atom. The molecular formula is C27H36FN3O4S. The maximum absolute atomic E-state index is 13.4. The fourth-order valence-corrected chi connectivity index (χ4v) is 5.50. The van der Waals surface area contributed by atoms with E-state index >= 15 is 0 Å². The monoisotopic (exact) mass is 517 g/mol. The van der Waals surface area contributed by atoms with Crippen molar-refractivity contribution < 1.29 is 22.4 Å². The predicted molar refractivity (Wildman–Crippen MR) is 139 cm³/mol. The Bertz CT molecular complexity index is 1100. The van der Waals surface area contributed by atoms with E-state index in [1.807, 2.05) is 0 Å². The smallest absolute Gasteiger partial charge is 0.242 e. The fourth-order valence-electron chi connectivity index (χ4n) is 4.54. The minimum absolute atomic E-state index is 0.0705. The molecule has 9 heteroatoms. The Morgan fingerprint density at radius 3 is 2.28 bits per heavy atom. The highest BCUT2D eigenvalue weighted by atomic mass is 32.2. The van der Waals surface area contributed by atoms with E-state index in [2.05, 4.69) is 5.32 Å². The molecule has 1 unspecified atom stereocenters. The number of nitrogens with zero attached hydrogens (tertiary/aromatic N) is 2. The van der Waals surface area contributed by atoms with Crippen LogP contribution >= 0.6 is 0 Å². The van der Waals surface area contributed by atoms with Gasteiger partial charge in [0.2, 0.25) is 21.8 Å². The molecule has 3 rings (SSSR count). The molecule has 1 fully saturated rings. The van der Waals surface area contributed by atoms with Crippen molar-refractivity contribution in [2.75, 3.05) is 17.1 Å². The molecule has 0 aliphatic heterocycles. The van der Waals surface area contributed by atoms with Gasteiger partial charge in [-0.2, -0.15) is 0 Å². The van der Waals surface area contributed by atoms with Crippen molar-refractivity contribution in [3.63, 3.8) is 0 Å². The second-order valence-electron chi connectivity index (χ2n) is 9.44. The van der Waals surface area contributed by atoms with E-state index in [4.69, 9.17) is 0 Å². The van der Waals surface area contributed by atoms with Gasteiger partial charge in [0.25, 0.3) is 0 Å². The van der Waals surface area contributed by atoms with Crippen molar-refractivity contribution in [1.29, 1.82) is 0 Å². The van der Waals surface area contributed by atoms with Crippen molar-refractivity contribution in [3.05, 3.63) is 66.0 Å². The minimum atomic E-state index is -3.53. The quantitative estimate of drug-likeness (QED) is 0.483. The maximum atomic E-state index is 13.4. The van der Waals surface area contributed by atoms with Crippen LogP contribution in [0.5, 0.6) is 0 Å². The van der Waals surface area contributed by atoms with Gasteiger partial charge >= 0.3 is 0 Å². The summed E-state index contributed by atoms with van der Waals surface area (Å²) < 4.78 is 39.4. The summed E-state index contributed by atoms with van der Waals surface area (Å²) in [4.78, 5) is 27.9. The number of rotatable bonds is 11. The van der Waals surface area contributed by atoms with Crippen LogP contribution in [-0.2, 0) is 26.2 Å². The number of carbonyl (C=O) groups excluding carboxylic acids is 2. The molecule has 1 saturated carbocycles. The Labute approximate surface area is 213 Å². The van der Waals surface area contributed by atoms with Crippen LogP contribution in [0.15, 0.2) is 54.6 Å². The van der Waals surface area contributed by atoms with Crippen LogP contribution < -0.4 is 9.62 Å². The van der Waals surface area contributed by atoms with E-state index in [-0.39, 0.29) is 49.6 Å². The largest absolute Gasteiger partial charge is 0.352 e. The zero-order valence-electron chi connectivity index (χ0n) is 21.0. The number of nitrogens with one attached hydrogen (secondary N) is 1. The van der Waals surface area contributed by atoms with Gasteiger partial charge in [-0.15, -0.1) is 0 Å². The van der Waals surface area contributed by atoms with E-state index in [9.17, 15) is 22.4 Å². The van der Waals surface area contributed by atoms with Gasteiger partial charge in [-0.3, -0.25) is 13.9 Å². The molecule has 0 bridgehead atoms. The average Bonchev–Trinajstić information content (AvgIpc) is 2.86. The van der Waals surface area contributed by atoms with Crippen LogP contribution in [0.4, 0.5) is 10.1 Å². The van der Waals surface area contributed by atoms with Gasteiger partial charge in [-0.05, 0) is 56.0 Å². The Hall–Kier alpha value is -2.94. The first-order valence-electron chi connectivity index (χ1n) is 12.5. The number of amides is 2. The van der Waals surface area contributed by atoms with E-state index in [1.54, 1.807) is 49.4 Å². The summed E-state index contributed by atoms with van der Waals surface area (Å²) in [6, 6.07) is 14.0. The number of carbonyl (C=O) groups is 2. The Balaban J connectivity index is 1.69. The third kappa shape index (κ3) is 8.05. The lowest BCUT2D eigenvalue weighted by Gasteiger charge is -2.31. The molecule has 7 nitrogen and oxygen atoms in total. The van der Waals surface area contributed by atoms with Gasteiger partial charge in [0, 0.05) is 25.6 Å². The highest BCUT2D eigenvalue weighted by Crippen LogP contribution is 2.20. The molecule has 36 heavy (non-hydrogen) atoms. The molecule has 1 aliphatic rings. The highest BCUT2D eigenvalue weighted by Gasteiger charge is 2.28. The molecule has 196 valence electrons. The second kappa shape index (κ2) is 12.9. The maximum Gasteiger partial charge on any atom is 0.242 e. The Morgan fingerprint density at radius 2 is 1.67 bits per heavy atom. The number of hydrogen-bond donors (Lipinski definition) is 1. The summed E-state index contributed by atoms with van der Waals surface area (Å²) >= 11 is 0.